The topological polar surface area (TPSA) is 116 Å². The lowest BCUT2D eigenvalue weighted by atomic mass is 10.1. The van der Waals surface area contributed by atoms with E-state index >= 15 is 0 Å². The van der Waals surface area contributed by atoms with Crippen LogP contribution in [0.1, 0.15) is 25.3 Å². The summed E-state index contributed by atoms with van der Waals surface area (Å²) in [5.41, 5.74) is 6.11. The number of rotatable bonds is 7. The molecule has 134 valence electrons. The molecule has 0 unspecified atom stereocenters. The molecule has 0 aromatic heterocycles. The zero-order valence-electron chi connectivity index (χ0n) is 13.8. The monoisotopic (exact) mass is 348 g/mol. The highest BCUT2D eigenvalue weighted by atomic mass is 16.6. The van der Waals surface area contributed by atoms with E-state index in [-0.39, 0.29) is 13.0 Å². The van der Waals surface area contributed by atoms with Gasteiger partial charge in [0, 0.05) is 6.42 Å². The summed E-state index contributed by atoms with van der Waals surface area (Å²) in [6.45, 7) is 1.62. The third-order valence-electron chi connectivity index (χ3n) is 3.78. The van der Waals surface area contributed by atoms with Gasteiger partial charge in [0.05, 0.1) is 12.5 Å². The van der Waals surface area contributed by atoms with Crippen LogP contribution in [-0.2, 0) is 30.3 Å². The average Bonchev–Trinajstić information content (AvgIpc) is 2.95. The minimum Gasteiger partial charge on any atom is -0.452 e. The molecule has 0 aliphatic carbocycles. The predicted molar refractivity (Wildman–Crippen MR) is 86.1 cm³/mol. The second-order valence-electron chi connectivity index (χ2n) is 5.62. The third-order valence-corrected chi connectivity index (χ3v) is 3.78. The first-order valence-corrected chi connectivity index (χ1v) is 7.94. The minimum absolute atomic E-state index is 0.0420. The maximum atomic E-state index is 12.5. The van der Waals surface area contributed by atoms with Gasteiger partial charge in [-0.2, -0.15) is 0 Å². The van der Waals surface area contributed by atoms with E-state index in [4.69, 9.17) is 15.2 Å². The molecule has 0 bridgehead atoms. The van der Waals surface area contributed by atoms with E-state index in [1.165, 1.54) is 0 Å². The molecule has 2 N–H and O–H groups in total. The van der Waals surface area contributed by atoms with Crippen LogP contribution in [0.5, 0.6) is 0 Å². The number of primary amides is 1. The lowest BCUT2D eigenvalue weighted by Gasteiger charge is -2.21. The molecular weight excluding hydrogens is 328 g/mol. The van der Waals surface area contributed by atoms with Crippen LogP contribution in [0.2, 0.25) is 0 Å². The fourth-order valence-electron chi connectivity index (χ4n) is 2.50. The number of benzene rings is 1. The van der Waals surface area contributed by atoms with Gasteiger partial charge in [0.15, 0.2) is 6.10 Å². The fraction of sp³-hybridized carbons (Fsp3) is 0.412. The Morgan fingerprint density at radius 2 is 2.00 bits per heavy atom. The lowest BCUT2D eigenvalue weighted by Crippen LogP contribution is -2.44. The van der Waals surface area contributed by atoms with Gasteiger partial charge >= 0.3 is 12.1 Å². The summed E-state index contributed by atoms with van der Waals surface area (Å²) in [4.78, 5) is 48.1. The standard InChI is InChI=1S/C17H20N2O6/c1-2-15(21)25-13(16(18)22)9-14(20)19-12(10-24-17(19)23)8-11-6-4-3-5-7-11/h3-7,12-13H,2,8-10H2,1H3,(H2,18,22)/t12-,13-/m1/s1. The van der Waals surface area contributed by atoms with Gasteiger partial charge in [-0.15, -0.1) is 0 Å². The van der Waals surface area contributed by atoms with Crippen molar-refractivity contribution in [3.8, 4) is 0 Å². The van der Waals surface area contributed by atoms with E-state index in [0.717, 1.165) is 10.5 Å². The Bertz CT molecular complexity index is 660. The molecule has 2 rings (SSSR count). The zero-order valence-corrected chi connectivity index (χ0v) is 13.8. The fourth-order valence-corrected chi connectivity index (χ4v) is 2.50. The number of nitrogens with two attached hydrogens (primary N) is 1. The molecule has 8 heteroatoms. The van der Waals surface area contributed by atoms with Gasteiger partial charge in [-0.25, -0.2) is 9.69 Å². The van der Waals surface area contributed by atoms with Crippen LogP contribution >= 0.6 is 0 Å². The highest BCUT2D eigenvalue weighted by molar-refractivity contribution is 5.96. The Hall–Kier alpha value is -2.90. The van der Waals surface area contributed by atoms with Crippen molar-refractivity contribution >= 4 is 23.9 Å². The molecule has 1 aromatic rings. The molecule has 25 heavy (non-hydrogen) atoms. The normalized spacial score (nSPS) is 17.7. The van der Waals surface area contributed by atoms with Crippen molar-refractivity contribution in [1.29, 1.82) is 0 Å². The Morgan fingerprint density at radius 1 is 1.32 bits per heavy atom. The first-order valence-electron chi connectivity index (χ1n) is 7.94. The maximum Gasteiger partial charge on any atom is 0.416 e. The smallest absolute Gasteiger partial charge is 0.416 e. The van der Waals surface area contributed by atoms with Crippen molar-refractivity contribution in [2.75, 3.05) is 6.61 Å². The molecule has 0 saturated carbocycles. The highest BCUT2D eigenvalue weighted by Crippen LogP contribution is 2.19. The SMILES string of the molecule is CCC(=O)O[C@H](CC(=O)N1C(=O)OC[C@H]1Cc1ccccc1)C(N)=O. The van der Waals surface area contributed by atoms with Crippen LogP contribution in [-0.4, -0.2) is 47.5 Å². The Kier molecular flexibility index (Phi) is 6.10. The van der Waals surface area contributed by atoms with Crippen LogP contribution in [0.4, 0.5) is 4.79 Å². The Labute approximate surface area is 144 Å². The number of hydrogen-bond acceptors (Lipinski definition) is 6. The van der Waals surface area contributed by atoms with Crippen molar-refractivity contribution in [1.82, 2.24) is 4.90 Å². The van der Waals surface area contributed by atoms with Crippen molar-refractivity contribution < 1.29 is 28.7 Å². The number of cyclic esters (lactones) is 1. The van der Waals surface area contributed by atoms with Gasteiger partial charge in [0.1, 0.15) is 6.61 Å². The average molecular weight is 348 g/mol. The van der Waals surface area contributed by atoms with E-state index in [0.29, 0.717) is 6.42 Å². The van der Waals surface area contributed by atoms with E-state index in [1.807, 2.05) is 30.3 Å². The van der Waals surface area contributed by atoms with E-state index in [2.05, 4.69) is 0 Å². The minimum atomic E-state index is -1.41. The molecule has 1 aromatic carbocycles. The Balaban J connectivity index is 2.07. The number of nitrogens with zero attached hydrogens (tertiary/aromatic N) is 1. The summed E-state index contributed by atoms with van der Waals surface area (Å²) in [6.07, 6.45) is -2.22. The largest absolute Gasteiger partial charge is 0.452 e. The number of carbonyl (C=O) groups excluding carboxylic acids is 4. The first kappa shape index (κ1) is 18.4. The zero-order chi connectivity index (χ0) is 18.4. The van der Waals surface area contributed by atoms with Crippen molar-refractivity contribution in [3.63, 3.8) is 0 Å². The Morgan fingerprint density at radius 3 is 2.60 bits per heavy atom. The van der Waals surface area contributed by atoms with Gasteiger partial charge < -0.3 is 15.2 Å². The van der Waals surface area contributed by atoms with E-state index in [1.54, 1.807) is 6.92 Å². The second-order valence-corrected chi connectivity index (χ2v) is 5.62. The lowest BCUT2D eigenvalue weighted by molar-refractivity contribution is -0.156. The molecule has 1 aliphatic heterocycles. The molecule has 1 heterocycles. The van der Waals surface area contributed by atoms with Crippen molar-refractivity contribution in [2.45, 2.75) is 38.3 Å². The van der Waals surface area contributed by atoms with Crippen molar-refractivity contribution in [3.05, 3.63) is 35.9 Å². The summed E-state index contributed by atoms with van der Waals surface area (Å²) < 4.78 is 9.82. The molecule has 8 nitrogen and oxygen atoms in total. The quantitative estimate of drug-likeness (QED) is 0.728. The second kappa shape index (κ2) is 8.27. The molecule has 3 amide bonds. The van der Waals surface area contributed by atoms with Gasteiger partial charge in [-0.05, 0) is 12.0 Å². The predicted octanol–water partition coefficient (Wildman–Crippen LogP) is 0.774. The maximum absolute atomic E-state index is 12.5. The molecular formula is C17H20N2O6. The van der Waals surface area contributed by atoms with Gasteiger partial charge in [0.25, 0.3) is 5.91 Å². The number of carbonyl (C=O) groups is 4. The number of ether oxygens (including phenoxy) is 2. The summed E-state index contributed by atoms with van der Waals surface area (Å²) in [5, 5.41) is 0. The van der Waals surface area contributed by atoms with Gasteiger partial charge in [-0.1, -0.05) is 37.3 Å². The summed E-state index contributed by atoms with van der Waals surface area (Å²) >= 11 is 0. The van der Waals surface area contributed by atoms with Gasteiger partial charge in [-0.3, -0.25) is 14.4 Å². The summed E-state index contributed by atoms with van der Waals surface area (Å²) in [5.74, 6) is -2.26. The number of hydrogen-bond donors (Lipinski definition) is 1. The first-order chi connectivity index (χ1) is 11.9. The van der Waals surface area contributed by atoms with Crippen LogP contribution in [0, 0.1) is 0 Å². The van der Waals surface area contributed by atoms with Crippen LogP contribution < -0.4 is 5.73 Å². The van der Waals surface area contributed by atoms with Crippen molar-refractivity contribution in [2.24, 2.45) is 5.73 Å². The molecule has 1 saturated heterocycles. The molecule has 0 radical (unpaired) electrons. The number of imide groups is 1. The summed E-state index contributed by atoms with van der Waals surface area (Å²) in [6, 6.07) is 8.83. The third kappa shape index (κ3) is 4.79. The molecule has 1 aliphatic rings. The molecule has 2 atom stereocenters. The number of amides is 3. The van der Waals surface area contributed by atoms with Crippen LogP contribution in [0.3, 0.4) is 0 Å². The summed E-state index contributed by atoms with van der Waals surface area (Å²) in [7, 11) is 0. The molecule has 1 fully saturated rings. The van der Waals surface area contributed by atoms with Crippen LogP contribution in [0.25, 0.3) is 0 Å². The highest BCUT2D eigenvalue weighted by Gasteiger charge is 2.39. The number of esters is 1. The van der Waals surface area contributed by atoms with E-state index in [9.17, 15) is 19.2 Å². The van der Waals surface area contributed by atoms with Crippen LogP contribution in [0.15, 0.2) is 30.3 Å². The van der Waals surface area contributed by atoms with Gasteiger partial charge in [0.2, 0.25) is 5.91 Å². The molecule has 0 spiro atoms. The van der Waals surface area contributed by atoms with E-state index < -0.39 is 42.4 Å².